The topological polar surface area (TPSA) is 83.0 Å². The number of sulfonamides is 1. The smallest absolute Gasteiger partial charge is 0.242 e. The number of hydrogen-bond acceptors (Lipinski definition) is 4. The number of nitrogens with zero attached hydrogens (tertiary/aromatic N) is 2. The molecule has 172 valence electrons. The van der Waals surface area contributed by atoms with E-state index in [0.29, 0.717) is 6.54 Å². The highest BCUT2D eigenvalue weighted by Gasteiger charge is 2.16. The van der Waals surface area contributed by atoms with Gasteiger partial charge in [0, 0.05) is 27.2 Å². The summed E-state index contributed by atoms with van der Waals surface area (Å²) in [5, 5.41) is 6.57. The van der Waals surface area contributed by atoms with Crippen LogP contribution in [-0.4, -0.2) is 53.0 Å². The summed E-state index contributed by atoms with van der Waals surface area (Å²) in [5.41, 5.74) is 3.25. The Kier molecular flexibility index (Phi) is 11.3. The molecule has 0 aliphatic heterocycles. The molecule has 0 aliphatic carbocycles. The molecule has 7 nitrogen and oxygen atoms in total. The van der Waals surface area contributed by atoms with E-state index in [1.54, 1.807) is 31.4 Å². The predicted molar refractivity (Wildman–Crippen MR) is 137 cm³/mol. The van der Waals surface area contributed by atoms with Crippen LogP contribution in [0.4, 0.5) is 0 Å². The zero-order valence-corrected chi connectivity index (χ0v) is 22.0. The van der Waals surface area contributed by atoms with Gasteiger partial charge < -0.3 is 15.4 Å². The van der Waals surface area contributed by atoms with Crippen molar-refractivity contribution in [3.63, 3.8) is 0 Å². The molecule has 0 radical (unpaired) electrons. The standard InChI is InChI=1S/C22H32N4O3S.HI/c1-6-23-22(24-14-13-18-8-7-17(2)21(15-18)29-5)25-16-19-9-11-20(12-10-19)30(27,28)26(3)4;/h7-12,15H,6,13-14,16H2,1-5H3,(H2,23,24,25);1H. The van der Waals surface area contributed by atoms with Gasteiger partial charge in [0.15, 0.2) is 5.96 Å². The summed E-state index contributed by atoms with van der Waals surface area (Å²) >= 11 is 0. The molecule has 0 amide bonds. The molecular weight excluding hydrogens is 527 g/mol. The van der Waals surface area contributed by atoms with Gasteiger partial charge in [0.05, 0.1) is 18.6 Å². The number of nitrogens with one attached hydrogen (secondary N) is 2. The summed E-state index contributed by atoms with van der Waals surface area (Å²) in [6.07, 6.45) is 0.845. The quantitative estimate of drug-likeness (QED) is 0.280. The van der Waals surface area contributed by atoms with Crippen LogP contribution in [-0.2, 0) is 23.0 Å². The first-order valence-electron chi connectivity index (χ1n) is 9.95. The first-order chi connectivity index (χ1) is 14.3. The van der Waals surface area contributed by atoms with E-state index in [1.165, 1.54) is 24.0 Å². The number of halogens is 1. The fourth-order valence-corrected chi connectivity index (χ4v) is 3.74. The Balaban J connectivity index is 0.00000480. The second-order valence-corrected chi connectivity index (χ2v) is 9.26. The maximum absolute atomic E-state index is 12.2. The van der Waals surface area contributed by atoms with Crippen LogP contribution in [0.15, 0.2) is 52.4 Å². The minimum Gasteiger partial charge on any atom is -0.496 e. The van der Waals surface area contributed by atoms with Crippen LogP contribution in [0.5, 0.6) is 5.75 Å². The molecule has 2 aromatic rings. The Bertz CT molecular complexity index is 961. The van der Waals surface area contributed by atoms with Crippen molar-refractivity contribution in [1.29, 1.82) is 0 Å². The van der Waals surface area contributed by atoms with Crippen molar-refractivity contribution in [2.45, 2.75) is 31.7 Å². The lowest BCUT2D eigenvalue weighted by Gasteiger charge is -2.13. The maximum Gasteiger partial charge on any atom is 0.242 e. The zero-order valence-electron chi connectivity index (χ0n) is 18.8. The van der Waals surface area contributed by atoms with Crippen molar-refractivity contribution in [3.05, 3.63) is 59.2 Å². The average Bonchev–Trinajstić information content (AvgIpc) is 2.73. The van der Waals surface area contributed by atoms with Gasteiger partial charge in [-0.1, -0.05) is 24.3 Å². The van der Waals surface area contributed by atoms with Gasteiger partial charge in [-0.15, -0.1) is 24.0 Å². The van der Waals surface area contributed by atoms with Crippen molar-refractivity contribution in [3.8, 4) is 5.75 Å². The molecule has 0 aliphatic rings. The molecule has 2 N–H and O–H groups in total. The number of ether oxygens (including phenoxy) is 1. The van der Waals surface area contributed by atoms with E-state index in [1.807, 2.05) is 13.8 Å². The number of rotatable bonds is 9. The average molecular weight is 561 g/mol. The summed E-state index contributed by atoms with van der Waals surface area (Å²) < 4.78 is 30.9. The Labute approximate surface area is 203 Å². The van der Waals surface area contributed by atoms with Gasteiger partial charge in [0.1, 0.15) is 5.75 Å². The Morgan fingerprint density at radius 2 is 1.71 bits per heavy atom. The molecular formula is C22H33IN4O3S. The first-order valence-corrected chi connectivity index (χ1v) is 11.4. The number of guanidine groups is 1. The van der Waals surface area contributed by atoms with Crippen molar-refractivity contribution in [1.82, 2.24) is 14.9 Å². The normalized spacial score (nSPS) is 11.7. The third kappa shape index (κ3) is 7.97. The highest BCUT2D eigenvalue weighted by Crippen LogP contribution is 2.19. The molecule has 0 saturated carbocycles. The number of methoxy groups -OCH3 is 1. The molecule has 31 heavy (non-hydrogen) atoms. The van der Waals surface area contributed by atoms with Gasteiger partial charge in [-0.3, -0.25) is 0 Å². The summed E-state index contributed by atoms with van der Waals surface area (Å²) in [6, 6.07) is 13.0. The summed E-state index contributed by atoms with van der Waals surface area (Å²) in [6.45, 7) is 5.99. The monoisotopic (exact) mass is 560 g/mol. The van der Waals surface area contributed by atoms with E-state index in [0.717, 1.165) is 42.3 Å². The fraction of sp³-hybridized carbons (Fsp3) is 0.409. The van der Waals surface area contributed by atoms with Crippen molar-refractivity contribution < 1.29 is 13.2 Å². The van der Waals surface area contributed by atoms with E-state index >= 15 is 0 Å². The molecule has 2 rings (SSSR count). The van der Waals surface area contributed by atoms with Crippen LogP contribution in [0.1, 0.15) is 23.6 Å². The van der Waals surface area contributed by atoms with Crippen LogP contribution in [0.25, 0.3) is 0 Å². The first kappa shape index (κ1) is 27.2. The van der Waals surface area contributed by atoms with Crippen molar-refractivity contribution in [2.24, 2.45) is 4.99 Å². The molecule has 0 aromatic heterocycles. The second-order valence-electron chi connectivity index (χ2n) is 7.11. The number of aryl methyl sites for hydroxylation is 1. The van der Waals surface area contributed by atoms with Crippen LogP contribution in [0, 0.1) is 6.92 Å². The number of aliphatic imine (C=N–C) groups is 1. The lowest BCUT2D eigenvalue weighted by Crippen LogP contribution is -2.38. The van der Waals surface area contributed by atoms with Crippen molar-refractivity contribution in [2.75, 3.05) is 34.3 Å². The third-order valence-electron chi connectivity index (χ3n) is 4.64. The van der Waals surface area contributed by atoms with E-state index in [2.05, 4.69) is 33.8 Å². The molecule has 0 heterocycles. The molecule has 0 bridgehead atoms. The summed E-state index contributed by atoms with van der Waals surface area (Å²) in [5.74, 6) is 1.62. The minimum absolute atomic E-state index is 0. The van der Waals surface area contributed by atoms with Crippen LogP contribution >= 0.6 is 24.0 Å². The Morgan fingerprint density at radius 3 is 2.29 bits per heavy atom. The van der Waals surface area contributed by atoms with Crippen LogP contribution in [0.2, 0.25) is 0 Å². The van der Waals surface area contributed by atoms with Gasteiger partial charge >= 0.3 is 0 Å². The van der Waals surface area contributed by atoms with Crippen LogP contribution in [0.3, 0.4) is 0 Å². The second kappa shape index (κ2) is 12.9. The zero-order chi connectivity index (χ0) is 22.1. The van der Waals surface area contributed by atoms with E-state index in [4.69, 9.17) is 4.74 Å². The van der Waals surface area contributed by atoms with Crippen LogP contribution < -0.4 is 15.4 Å². The van der Waals surface area contributed by atoms with E-state index < -0.39 is 10.0 Å². The van der Waals surface area contributed by atoms with E-state index in [9.17, 15) is 8.42 Å². The summed E-state index contributed by atoms with van der Waals surface area (Å²) in [4.78, 5) is 4.88. The lowest BCUT2D eigenvalue weighted by atomic mass is 10.1. The number of hydrogen-bond donors (Lipinski definition) is 2. The molecule has 9 heteroatoms. The predicted octanol–water partition coefficient (Wildman–Crippen LogP) is 3.17. The molecule has 0 fully saturated rings. The summed E-state index contributed by atoms with van der Waals surface area (Å²) in [7, 11) is 1.31. The minimum atomic E-state index is -3.42. The van der Waals surface area contributed by atoms with Gasteiger partial charge in [-0.05, 0) is 55.2 Å². The highest BCUT2D eigenvalue weighted by molar-refractivity contribution is 14.0. The molecule has 0 unspecified atom stereocenters. The van der Waals surface area contributed by atoms with Gasteiger partial charge in [0.2, 0.25) is 10.0 Å². The lowest BCUT2D eigenvalue weighted by molar-refractivity contribution is 0.411. The largest absolute Gasteiger partial charge is 0.496 e. The third-order valence-corrected chi connectivity index (χ3v) is 6.47. The van der Waals surface area contributed by atoms with Gasteiger partial charge in [0.25, 0.3) is 0 Å². The van der Waals surface area contributed by atoms with Gasteiger partial charge in [-0.2, -0.15) is 0 Å². The SMILES string of the molecule is CCNC(=NCc1ccc(S(=O)(=O)N(C)C)cc1)NCCc1ccc(C)c(OC)c1.I. The fourth-order valence-electron chi connectivity index (χ4n) is 2.83. The number of benzene rings is 2. The van der Waals surface area contributed by atoms with Gasteiger partial charge in [-0.25, -0.2) is 17.7 Å². The highest BCUT2D eigenvalue weighted by atomic mass is 127. The Hall–Kier alpha value is -1.85. The van der Waals surface area contributed by atoms with Crippen molar-refractivity contribution >= 4 is 40.0 Å². The molecule has 0 spiro atoms. The molecule has 0 atom stereocenters. The molecule has 2 aromatic carbocycles. The Morgan fingerprint density at radius 1 is 1.06 bits per heavy atom. The maximum atomic E-state index is 12.2. The molecule has 0 saturated heterocycles. The van der Waals surface area contributed by atoms with E-state index in [-0.39, 0.29) is 28.9 Å².